The fraction of sp³-hybridized carbons (Fsp3) is 0.769. The van der Waals surface area contributed by atoms with E-state index in [2.05, 4.69) is 28.5 Å². The lowest BCUT2D eigenvalue weighted by atomic mass is 10.2. The third kappa shape index (κ3) is 4.46. The molecule has 1 saturated heterocycles. The van der Waals surface area contributed by atoms with Gasteiger partial charge in [-0.05, 0) is 32.5 Å². The Hall–Kier alpha value is -0.540. The first-order valence-electron chi connectivity index (χ1n) is 7.46. The molecule has 1 aliphatic rings. The smallest absolute Gasteiger partial charge is 0.280 e. The van der Waals surface area contributed by atoms with Gasteiger partial charge in [0.1, 0.15) is 5.01 Å². The van der Waals surface area contributed by atoms with Gasteiger partial charge >= 0.3 is 0 Å². The lowest BCUT2D eigenvalue weighted by Crippen LogP contribution is -2.49. The van der Waals surface area contributed by atoms with Gasteiger partial charge in [-0.2, -0.15) is 17.4 Å². The summed E-state index contributed by atoms with van der Waals surface area (Å²) < 4.78 is 28.9. The van der Waals surface area contributed by atoms with Crippen molar-refractivity contribution in [1.29, 1.82) is 0 Å². The average Bonchev–Trinajstić information content (AvgIpc) is 2.98. The Labute approximate surface area is 131 Å². The van der Waals surface area contributed by atoms with E-state index in [9.17, 15) is 8.42 Å². The van der Waals surface area contributed by atoms with Crippen molar-refractivity contribution in [3.63, 3.8) is 0 Å². The molecule has 8 heteroatoms. The van der Waals surface area contributed by atoms with Gasteiger partial charge in [-0.1, -0.05) is 13.8 Å². The molecule has 1 aliphatic heterocycles. The third-order valence-electron chi connectivity index (χ3n) is 3.82. The van der Waals surface area contributed by atoms with Crippen LogP contribution in [-0.2, 0) is 10.2 Å². The maximum absolute atomic E-state index is 12.3. The highest BCUT2D eigenvalue weighted by Gasteiger charge is 2.32. The van der Waals surface area contributed by atoms with E-state index in [4.69, 9.17) is 0 Å². The second-order valence-corrected chi connectivity index (χ2v) is 7.74. The van der Waals surface area contributed by atoms with Crippen LogP contribution < -0.4 is 4.72 Å². The molecule has 1 aromatic heterocycles. The van der Waals surface area contributed by atoms with Crippen LogP contribution in [0.3, 0.4) is 0 Å². The number of nitrogens with zero attached hydrogens (tertiary/aromatic N) is 3. The number of hydrogen-bond acceptors (Lipinski definition) is 5. The zero-order valence-corrected chi connectivity index (χ0v) is 14.3. The van der Waals surface area contributed by atoms with Crippen molar-refractivity contribution in [1.82, 2.24) is 18.9 Å². The Bertz CT molecular complexity index is 514. The highest BCUT2D eigenvalue weighted by Crippen LogP contribution is 2.25. The van der Waals surface area contributed by atoms with Crippen LogP contribution in [0, 0.1) is 0 Å². The minimum atomic E-state index is -3.38. The van der Waals surface area contributed by atoms with Gasteiger partial charge in [-0.25, -0.2) is 4.98 Å². The molecule has 0 bridgehead atoms. The van der Waals surface area contributed by atoms with E-state index >= 15 is 0 Å². The summed E-state index contributed by atoms with van der Waals surface area (Å²) >= 11 is 1.50. The Morgan fingerprint density at radius 3 is 2.81 bits per heavy atom. The van der Waals surface area contributed by atoms with E-state index in [1.54, 1.807) is 10.5 Å². The van der Waals surface area contributed by atoms with E-state index in [1.807, 2.05) is 5.38 Å². The second-order valence-electron chi connectivity index (χ2n) is 5.11. The maximum Gasteiger partial charge on any atom is 0.280 e. The van der Waals surface area contributed by atoms with Crippen molar-refractivity contribution < 1.29 is 8.42 Å². The molecule has 1 aromatic rings. The number of aromatic nitrogens is 1. The van der Waals surface area contributed by atoms with Crippen molar-refractivity contribution >= 4 is 21.5 Å². The highest BCUT2D eigenvalue weighted by molar-refractivity contribution is 7.87. The van der Waals surface area contributed by atoms with E-state index in [1.165, 1.54) is 11.3 Å². The molecule has 0 radical (unpaired) electrons. The summed E-state index contributed by atoms with van der Waals surface area (Å²) in [4.78, 5) is 6.51. The summed E-state index contributed by atoms with van der Waals surface area (Å²) in [5.74, 6) is 0. The number of hydrogen-bond donors (Lipinski definition) is 1. The lowest BCUT2D eigenvalue weighted by molar-refractivity contribution is 0.274. The van der Waals surface area contributed by atoms with E-state index in [0.29, 0.717) is 13.1 Å². The van der Waals surface area contributed by atoms with Crippen molar-refractivity contribution in [2.24, 2.45) is 0 Å². The second kappa shape index (κ2) is 7.64. The molecular formula is C13H24N4O2S2. The van der Waals surface area contributed by atoms with Crippen LogP contribution in [0.1, 0.15) is 37.7 Å². The number of rotatable bonds is 7. The molecular weight excluding hydrogens is 308 g/mol. The molecule has 0 amide bonds. The maximum atomic E-state index is 12.3. The van der Waals surface area contributed by atoms with Crippen molar-refractivity contribution in [3.8, 4) is 0 Å². The monoisotopic (exact) mass is 332 g/mol. The molecule has 6 nitrogen and oxygen atoms in total. The van der Waals surface area contributed by atoms with Gasteiger partial charge in [0, 0.05) is 24.7 Å². The molecule has 21 heavy (non-hydrogen) atoms. The van der Waals surface area contributed by atoms with E-state index in [-0.39, 0.29) is 6.04 Å². The fourth-order valence-electron chi connectivity index (χ4n) is 2.53. The van der Waals surface area contributed by atoms with Crippen molar-refractivity contribution in [3.05, 3.63) is 16.6 Å². The van der Waals surface area contributed by atoms with E-state index in [0.717, 1.165) is 37.5 Å². The molecule has 1 atom stereocenters. The third-order valence-corrected chi connectivity index (χ3v) is 6.34. The van der Waals surface area contributed by atoms with E-state index < -0.39 is 10.2 Å². The average molecular weight is 332 g/mol. The lowest BCUT2D eigenvalue weighted by Gasteiger charge is -2.31. The molecule has 1 N–H and O–H groups in total. The van der Waals surface area contributed by atoms with Gasteiger partial charge in [0.2, 0.25) is 0 Å². The summed E-state index contributed by atoms with van der Waals surface area (Å²) in [7, 11) is -3.38. The summed E-state index contributed by atoms with van der Waals surface area (Å²) in [5.41, 5.74) is 0. The van der Waals surface area contributed by atoms with Gasteiger partial charge < -0.3 is 4.90 Å². The molecule has 0 saturated carbocycles. The molecule has 0 aliphatic carbocycles. The minimum absolute atomic E-state index is 0.172. The quantitative estimate of drug-likeness (QED) is 0.821. The van der Waals surface area contributed by atoms with Crippen LogP contribution >= 0.6 is 11.3 Å². The van der Waals surface area contributed by atoms with Crippen LogP contribution in [-0.4, -0.2) is 55.3 Å². The summed E-state index contributed by atoms with van der Waals surface area (Å²) in [6.07, 6.45) is 3.35. The van der Waals surface area contributed by atoms with Crippen molar-refractivity contribution in [2.45, 2.75) is 32.7 Å². The first kappa shape index (κ1) is 16.8. The summed E-state index contributed by atoms with van der Waals surface area (Å²) in [5, 5.41) is 2.72. The molecule has 0 aromatic carbocycles. The fourth-order valence-corrected chi connectivity index (χ4v) is 4.78. The Balaban J connectivity index is 1.86. The zero-order chi connectivity index (χ0) is 15.3. The van der Waals surface area contributed by atoms with Crippen LogP contribution in [0.5, 0.6) is 0 Å². The van der Waals surface area contributed by atoms with Crippen LogP contribution in [0.4, 0.5) is 0 Å². The zero-order valence-electron chi connectivity index (χ0n) is 12.7. The number of thiazole rings is 1. The predicted octanol–water partition coefficient (Wildman–Crippen LogP) is 1.46. The van der Waals surface area contributed by atoms with Gasteiger partial charge in [0.25, 0.3) is 10.2 Å². The van der Waals surface area contributed by atoms with Crippen LogP contribution in [0.2, 0.25) is 0 Å². The van der Waals surface area contributed by atoms with Gasteiger partial charge in [-0.15, -0.1) is 11.3 Å². The normalized spacial score (nSPS) is 22.7. The molecule has 1 fully saturated rings. The molecule has 120 valence electrons. The topological polar surface area (TPSA) is 65.5 Å². The first-order valence-corrected chi connectivity index (χ1v) is 9.78. The Kier molecular flexibility index (Phi) is 6.12. The van der Waals surface area contributed by atoms with Gasteiger partial charge in [0.15, 0.2) is 0 Å². The molecule has 0 unspecified atom stereocenters. The van der Waals surface area contributed by atoms with Gasteiger partial charge in [0.05, 0.1) is 6.04 Å². The molecule has 2 heterocycles. The predicted molar refractivity (Wildman–Crippen MR) is 85.5 cm³/mol. The highest BCUT2D eigenvalue weighted by atomic mass is 32.2. The summed E-state index contributed by atoms with van der Waals surface area (Å²) in [6, 6.07) is -0.172. The molecule has 2 rings (SSSR count). The Morgan fingerprint density at radius 2 is 2.24 bits per heavy atom. The number of nitrogens with one attached hydrogen (secondary N) is 1. The summed E-state index contributed by atoms with van der Waals surface area (Å²) in [6.45, 7) is 8.35. The van der Waals surface area contributed by atoms with Crippen LogP contribution in [0.15, 0.2) is 11.6 Å². The van der Waals surface area contributed by atoms with Crippen LogP contribution in [0.25, 0.3) is 0 Å². The SMILES string of the molecule is CCN(CC)CCCN1CC[C@@H](c2nccs2)NS1(=O)=O. The van der Waals surface area contributed by atoms with Crippen molar-refractivity contribution in [2.75, 3.05) is 32.7 Å². The standard InChI is InChI=1S/C13H24N4O2S2/c1-3-16(4-2)8-5-9-17-10-6-12(15-21(17,18)19)13-14-7-11-20-13/h7,11-12,15H,3-6,8-10H2,1-2H3/t12-/m0/s1. The first-order chi connectivity index (χ1) is 10.1. The molecule has 0 spiro atoms. The van der Waals surface area contributed by atoms with Gasteiger partial charge in [-0.3, -0.25) is 0 Å². The minimum Gasteiger partial charge on any atom is -0.304 e. The largest absolute Gasteiger partial charge is 0.304 e. The Morgan fingerprint density at radius 1 is 1.48 bits per heavy atom.